The summed E-state index contributed by atoms with van der Waals surface area (Å²) in [5.41, 5.74) is 1.58. The maximum Gasteiger partial charge on any atom is 0.321 e. The highest BCUT2D eigenvalue weighted by Gasteiger charge is 2.29. The summed E-state index contributed by atoms with van der Waals surface area (Å²) in [6.45, 7) is 3.08. The fourth-order valence-electron chi connectivity index (χ4n) is 4.55. The van der Waals surface area contributed by atoms with Gasteiger partial charge in [0, 0.05) is 49.5 Å². The van der Waals surface area contributed by atoms with Gasteiger partial charge in [-0.15, -0.1) is 0 Å². The smallest absolute Gasteiger partial charge is 0.321 e. The number of hydrogen-bond acceptors (Lipinski definition) is 4. The minimum Gasteiger partial charge on any atom is -0.353 e. The number of likely N-dealkylation sites (tertiary alicyclic amines) is 2. The fourth-order valence-corrected chi connectivity index (χ4v) is 4.55. The number of anilines is 2. The second kappa shape index (κ2) is 11.7. The highest BCUT2D eigenvalue weighted by Crippen LogP contribution is 2.20. The maximum absolute atomic E-state index is 12.8. The van der Waals surface area contributed by atoms with E-state index in [4.69, 9.17) is 0 Å². The van der Waals surface area contributed by atoms with Crippen molar-refractivity contribution in [1.29, 1.82) is 0 Å². The Morgan fingerprint density at radius 1 is 0.735 bits per heavy atom. The van der Waals surface area contributed by atoms with Crippen LogP contribution in [0, 0.1) is 5.92 Å². The fraction of sp³-hybridized carbons (Fsp3) is 0.423. The molecule has 2 aromatic carbocycles. The lowest BCUT2D eigenvalue weighted by molar-refractivity contribution is -0.127. The molecule has 0 spiro atoms. The van der Waals surface area contributed by atoms with Gasteiger partial charge in [0.15, 0.2) is 0 Å². The predicted octanol–water partition coefficient (Wildman–Crippen LogP) is 3.15. The highest BCUT2D eigenvalue weighted by molar-refractivity contribution is 5.92. The Hall–Kier alpha value is -3.39. The summed E-state index contributed by atoms with van der Waals surface area (Å²) in [5, 5.41) is 9.02. The quantitative estimate of drug-likeness (QED) is 0.614. The van der Waals surface area contributed by atoms with Crippen molar-refractivity contribution in [3.05, 3.63) is 60.7 Å². The first-order valence-corrected chi connectivity index (χ1v) is 12.1. The Kier molecular flexibility index (Phi) is 8.14. The number of amides is 4. The molecule has 8 heteroatoms. The Morgan fingerprint density at radius 3 is 1.88 bits per heavy atom. The summed E-state index contributed by atoms with van der Waals surface area (Å²) in [6.07, 6.45) is 3.02. The van der Waals surface area contributed by atoms with Gasteiger partial charge >= 0.3 is 6.03 Å². The summed E-state index contributed by atoms with van der Waals surface area (Å²) in [5.74, 6) is 0.00981. The molecule has 180 valence electrons. The van der Waals surface area contributed by atoms with Gasteiger partial charge in [-0.3, -0.25) is 14.5 Å². The molecule has 2 aromatic rings. The van der Waals surface area contributed by atoms with Crippen LogP contribution in [0.4, 0.5) is 16.2 Å². The van der Waals surface area contributed by atoms with Crippen molar-refractivity contribution in [1.82, 2.24) is 15.1 Å². The van der Waals surface area contributed by atoms with Gasteiger partial charge in [-0.05, 0) is 49.9 Å². The van der Waals surface area contributed by atoms with Crippen molar-refractivity contribution in [2.24, 2.45) is 5.92 Å². The van der Waals surface area contributed by atoms with Crippen molar-refractivity contribution < 1.29 is 14.4 Å². The predicted molar refractivity (Wildman–Crippen MR) is 132 cm³/mol. The monoisotopic (exact) mass is 463 g/mol. The van der Waals surface area contributed by atoms with Gasteiger partial charge in [-0.2, -0.15) is 0 Å². The third kappa shape index (κ3) is 6.81. The first-order valence-electron chi connectivity index (χ1n) is 12.1. The van der Waals surface area contributed by atoms with E-state index < -0.39 is 0 Å². The van der Waals surface area contributed by atoms with Crippen LogP contribution in [0.1, 0.15) is 25.7 Å². The molecule has 3 N–H and O–H groups in total. The van der Waals surface area contributed by atoms with Crippen LogP contribution < -0.4 is 16.0 Å². The molecule has 0 aromatic heterocycles. The Balaban J connectivity index is 1.13. The molecule has 0 atom stereocenters. The van der Waals surface area contributed by atoms with Crippen LogP contribution in [0.5, 0.6) is 0 Å². The summed E-state index contributed by atoms with van der Waals surface area (Å²) in [7, 11) is 0. The number of carbonyl (C=O) groups is 3. The Labute approximate surface area is 200 Å². The Morgan fingerprint density at radius 2 is 1.29 bits per heavy atom. The lowest BCUT2D eigenvalue weighted by Gasteiger charge is -2.34. The topological polar surface area (TPSA) is 93.8 Å². The molecule has 8 nitrogen and oxygen atoms in total. The Bertz CT molecular complexity index is 953. The molecule has 2 aliphatic heterocycles. The number of nitrogens with zero attached hydrogens (tertiary/aromatic N) is 2. The van der Waals surface area contributed by atoms with E-state index >= 15 is 0 Å². The molecule has 0 aliphatic carbocycles. The van der Waals surface area contributed by atoms with Crippen LogP contribution >= 0.6 is 0 Å². The molecular weight excluding hydrogens is 430 g/mol. The van der Waals surface area contributed by atoms with Gasteiger partial charge in [0.05, 0.1) is 6.54 Å². The van der Waals surface area contributed by atoms with Crippen LogP contribution in [0.3, 0.4) is 0 Å². The molecule has 2 saturated heterocycles. The lowest BCUT2D eigenvalue weighted by atomic mass is 9.95. The van der Waals surface area contributed by atoms with Crippen LogP contribution in [0.2, 0.25) is 0 Å². The van der Waals surface area contributed by atoms with Gasteiger partial charge in [-0.1, -0.05) is 36.4 Å². The summed E-state index contributed by atoms with van der Waals surface area (Å²) in [4.78, 5) is 41.4. The van der Waals surface area contributed by atoms with E-state index in [1.165, 1.54) is 0 Å². The zero-order chi connectivity index (χ0) is 23.8. The third-order valence-corrected chi connectivity index (χ3v) is 6.54. The van der Waals surface area contributed by atoms with Gasteiger partial charge in [0.25, 0.3) is 0 Å². The molecule has 0 unspecified atom stereocenters. The average Bonchev–Trinajstić information content (AvgIpc) is 2.86. The second-order valence-electron chi connectivity index (χ2n) is 9.03. The van der Waals surface area contributed by atoms with Crippen LogP contribution in [0.15, 0.2) is 60.7 Å². The standard InChI is InChI=1S/C26H33N5O3/c32-24(27-21-7-3-1-4-8-21)19-30-15-13-23(14-16-30)28-25(33)20-11-17-31(18-12-20)26(34)29-22-9-5-2-6-10-22/h1-10,20,23H,11-19H2,(H,27,32)(H,28,33)(H,29,34). The van der Waals surface area contributed by atoms with Crippen LogP contribution in [-0.4, -0.2) is 66.4 Å². The molecule has 4 rings (SSSR count). The van der Waals surface area contributed by atoms with Crippen molar-refractivity contribution in [2.45, 2.75) is 31.7 Å². The summed E-state index contributed by atoms with van der Waals surface area (Å²) in [6, 6.07) is 18.9. The minimum absolute atomic E-state index is 0.0169. The molecule has 2 fully saturated rings. The number of rotatable bonds is 6. The number of carbonyl (C=O) groups excluding carboxylic acids is 3. The molecule has 34 heavy (non-hydrogen) atoms. The van der Waals surface area contributed by atoms with Crippen molar-refractivity contribution in [3.8, 4) is 0 Å². The maximum atomic E-state index is 12.8. The highest BCUT2D eigenvalue weighted by atomic mass is 16.2. The van der Waals surface area contributed by atoms with E-state index in [2.05, 4.69) is 20.9 Å². The van der Waals surface area contributed by atoms with Gasteiger partial charge in [0.1, 0.15) is 0 Å². The van der Waals surface area contributed by atoms with Crippen molar-refractivity contribution in [2.75, 3.05) is 43.4 Å². The number of nitrogens with one attached hydrogen (secondary N) is 3. The van der Waals surface area contributed by atoms with Gasteiger partial charge < -0.3 is 20.9 Å². The number of piperidine rings is 2. The zero-order valence-electron chi connectivity index (χ0n) is 19.4. The van der Waals surface area contributed by atoms with E-state index in [0.717, 1.165) is 37.3 Å². The average molecular weight is 464 g/mol. The van der Waals surface area contributed by atoms with Gasteiger partial charge in [0.2, 0.25) is 11.8 Å². The molecule has 4 amide bonds. The summed E-state index contributed by atoms with van der Waals surface area (Å²) < 4.78 is 0. The van der Waals surface area contributed by atoms with Crippen LogP contribution in [-0.2, 0) is 9.59 Å². The van der Waals surface area contributed by atoms with Crippen LogP contribution in [0.25, 0.3) is 0 Å². The molecule has 2 heterocycles. The zero-order valence-corrected chi connectivity index (χ0v) is 19.4. The second-order valence-corrected chi connectivity index (χ2v) is 9.03. The van der Waals surface area contributed by atoms with Crippen molar-refractivity contribution >= 4 is 29.2 Å². The third-order valence-electron chi connectivity index (χ3n) is 6.54. The van der Waals surface area contributed by atoms with E-state index in [0.29, 0.717) is 32.5 Å². The number of para-hydroxylation sites is 2. The van der Waals surface area contributed by atoms with E-state index in [-0.39, 0.29) is 29.8 Å². The lowest BCUT2D eigenvalue weighted by Crippen LogP contribution is -2.49. The van der Waals surface area contributed by atoms with E-state index in [1.54, 1.807) is 4.90 Å². The number of hydrogen-bond donors (Lipinski definition) is 3. The number of benzene rings is 2. The molecule has 2 aliphatic rings. The SMILES string of the molecule is O=C(CN1CCC(NC(=O)C2CCN(C(=O)Nc3ccccc3)CC2)CC1)Nc1ccccc1. The largest absolute Gasteiger partial charge is 0.353 e. The van der Waals surface area contributed by atoms with E-state index in [9.17, 15) is 14.4 Å². The van der Waals surface area contributed by atoms with Gasteiger partial charge in [-0.25, -0.2) is 4.79 Å². The number of urea groups is 1. The summed E-state index contributed by atoms with van der Waals surface area (Å²) >= 11 is 0. The molecule has 0 radical (unpaired) electrons. The molecule has 0 bridgehead atoms. The first kappa shape index (κ1) is 23.8. The normalized spacial score (nSPS) is 17.7. The molecular formula is C26H33N5O3. The molecule has 0 saturated carbocycles. The minimum atomic E-state index is -0.117. The van der Waals surface area contributed by atoms with Crippen molar-refractivity contribution in [3.63, 3.8) is 0 Å². The van der Waals surface area contributed by atoms with E-state index in [1.807, 2.05) is 60.7 Å². The first-order chi connectivity index (χ1) is 16.6.